The van der Waals surface area contributed by atoms with Crippen LogP contribution >= 0.6 is 0 Å². The van der Waals surface area contributed by atoms with Gasteiger partial charge in [0.05, 0.1) is 5.52 Å². The number of nitrogens with zero attached hydrogens (tertiary/aromatic N) is 2. The first-order valence-corrected chi connectivity index (χ1v) is 6.37. The molecule has 0 radical (unpaired) electrons. The summed E-state index contributed by atoms with van der Waals surface area (Å²) >= 11 is 0. The number of anilines is 1. The maximum Gasteiger partial charge on any atom is 0.281 e. The fraction of sp³-hybridized carbons (Fsp3) is 0.0667. The standard InChI is InChI=1S/C15H12N4O2/c1-9-5-4-8-12(16-9)17-15(21)13-14(20)10-6-2-3-7-11(10)18-19-13/h2-8H,1H3,(H,18,20)(H,16,17,21). The molecule has 0 aliphatic carbocycles. The third kappa shape index (κ3) is 2.51. The molecule has 2 heterocycles. The van der Waals surface area contributed by atoms with Crippen molar-refractivity contribution < 1.29 is 4.79 Å². The van der Waals surface area contributed by atoms with Crippen molar-refractivity contribution >= 4 is 22.6 Å². The normalized spacial score (nSPS) is 10.5. The fourth-order valence-corrected chi connectivity index (χ4v) is 2.02. The first kappa shape index (κ1) is 13.0. The molecule has 0 fully saturated rings. The molecule has 0 aliphatic rings. The number of carbonyl (C=O) groups excluding carboxylic acids is 1. The van der Waals surface area contributed by atoms with Crippen LogP contribution < -0.4 is 10.7 Å². The van der Waals surface area contributed by atoms with Crippen LogP contribution in [-0.2, 0) is 0 Å². The summed E-state index contributed by atoms with van der Waals surface area (Å²) in [6.07, 6.45) is 0. The molecule has 3 aromatic rings. The van der Waals surface area contributed by atoms with Crippen molar-refractivity contribution in [2.75, 3.05) is 5.32 Å². The molecular weight excluding hydrogens is 268 g/mol. The van der Waals surface area contributed by atoms with Gasteiger partial charge in [-0.25, -0.2) is 4.98 Å². The van der Waals surface area contributed by atoms with Crippen LogP contribution in [0, 0.1) is 6.92 Å². The number of benzene rings is 1. The van der Waals surface area contributed by atoms with Gasteiger partial charge in [0.15, 0.2) is 5.69 Å². The Kier molecular flexibility index (Phi) is 3.19. The number of hydrogen-bond donors (Lipinski definition) is 2. The maximum absolute atomic E-state index is 12.3. The Balaban J connectivity index is 1.99. The van der Waals surface area contributed by atoms with E-state index in [9.17, 15) is 9.59 Å². The Bertz CT molecular complexity index is 886. The quantitative estimate of drug-likeness (QED) is 0.750. The van der Waals surface area contributed by atoms with E-state index in [1.807, 2.05) is 13.0 Å². The fourth-order valence-electron chi connectivity index (χ4n) is 2.02. The molecule has 1 aromatic carbocycles. The third-order valence-corrected chi connectivity index (χ3v) is 3.02. The summed E-state index contributed by atoms with van der Waals surface area (Å²) in [5.41, 5.74) is 0.771. The first-order chi connectivity index (χ1) is 10.1. The van der Waals surface area contributed by atoms with E-state index in [1.165, 1.54) is 0 Å². The highest BCUT2D eigenvalue weighted by Gasteiger charge is 2.15. The van der Waals surface area contributed by atoms with Gasteiger partial charge in [-0.05, 0) is 31.2 Å². The zero-order valence-corrected chi connectivity index (χ0v) is 11.3. The lowest BCUT2D eigenvalue weighted by atomic mass is 10.2. The van der Waals surface area contributed by atoms with E-state index < -0.39 is 11.3 Å². The van der Waals surface area contributed by atoms with Gasteiger partial charge in [0, 0.05) is 11.1 Å². The molecule has 2 N–H and O–H groups in total. The Morgan fingerprint density at radius 2 is 1.95 bits per heavy atom. The Morgan fingerprint density at radius 3 is 2.76 bits per heavy atom. The van der Waals surface area contributed by atoms with Crippen molar-refractivity contribution in [2.24, 2.45) is 0 Å². The average molecular weight is 280 g/mol. The molecule has 1 amide bonds. The molecule has 0 saturated carbocycles. The number of aromatic nitrogens is 3. The van der Waals surface area contributed by atoms with Crippen LogP contribution in [0.1, 0.15) is 16.2 Å². The van der Waals surface area contributed by atoms with Crippen LogP contribution in [0.5, 0.6) is 0 Å². The lowest BCUT2D eigenvalue weighted by Gasteiger charge is -2.04. The lowest BCUT2D eigenvalue weighted by molar-refractivity contribution is 0.102. The van der Waals surface area contributed by atoms with E-state index in [2.05, 4.69) is 20.5 Å². The van der Waals surface area contributed by atoms with E-state index in [-0.39, 0.29) is 5.69 Å². The summed E-state index contributed by atoms with van der Waals surface area (Å²) in [4.78, 5) is 28.6. The van der Waals surface area contributed by atoms with Gasteiger partial charge in [-0.3, -0.25) is 14.7 Å². The number of hydrogen-bond acceptors (Lipinski definition) is 4. The molecule has 0 aliphatic heterocycles. The molecule has 3 rings (SSSR count). The highest BCUT2D eigenvalue weighted by molar-refractivity contribution is 6.03. The van der Waals surface area contributed by atoms with Crippen molar-refractivity contribution in [1.29, 1.82) is 0 Å². The number of amides is 1. The Hall–Kier alpha value is -3.02. The van der Waals surface area contributed by atoms with Crippen LogP contribution in [0.3, 0.4) is 0 Å². The molecular formula is C15H12N4O2. The number of carbonyl (C=O) groups is 1. The van der Waals surface area contributed by atoms with Gasteiger partial charge < -0.3 is 5.32 Å². The zero-order chi connectivity index (χ0) is 14.8. The molecule has 21 heavy (non-hydrogen) atoms. The summed E-state index contributed by atoms with van der Waals surface area (Å²) < 4.78 is 0. The van der Waals surface area contributed by atoms with Gasteiger partial charge in [-0.1, -0.05) is 18.2 Å². The van der Waals surface area contributed by atoms with Crippen LogP contribution in [-0.4, -0.2) is 21.1 Å². The van der Waals surface area contributed by atoms with E-state index in [0.29, 0.717) is 16.7 Å². The summed E-state index contributed by atoms with van der Waals surface area (Å²) in [5.74, 6) is -0.200. The van der Waals surface area contributed by atoms with Crippen LogP contribution in [0.4, 0.5) is 5.82 Å². The van der Waals surface area contributed by atoms with Gasteiger partial charge >= 0.3 is 0 Å². The summed E-state index contributed by atoms with van der Waals surface area (Å²) in [6, 6.07) is 12.1. The summed E-state index contributed by atoms with van der Waals surface area (Å²) in [7, 11) is 0. The third-order valence-electron chi connectivity index (χ3n) is 3.02. The van der Waals surface area contributed by atoms with Crippen molar-refractivity contribution in [2.45, 2.75) is 6.92 Å². The lowest BCUT2D eigenvalue weighted by Crippen LogP contribution is -2.24. The summed E-state index contributed by atoms with van der Waals surface area (Å²) in [6.45, 7) is 1.82. The summed E-state index contributed by atoms with van der Waals surface area (Å²) in [5, 5.41) is 9.55. The van der Waals surface area contributed by atoms with Gasteiger partial charge in [-0.2, -0.15) is 5.10 Å². The minimum absolute atomic E-state index is 0.183. The molecule has 0 saturated heterocycles. The van der Waals surface area contributed by atoms with Crippen molar-refractivity contribution in [1.82, 2.24) is 15.2 Å². The molecule has 0 bridgehead atoms. The molecule has 0 spiro atoms. The van der Waals surface area contributed by atoms with Crippen molar-refractivity contribution in [3.8, 4) is 0 Å². The van der Waals surface area contributed by atoms with Crippen molar-refractivity contribution in [3.63, 3.8) is 0 Å². The van der Waals surface area contributed by atoms with E-state index >= 15 is 0 Å². The second-order valence-corrected chi connectivity index (χ2v) is 4.57. The van der Waals surface area contributed by atoms with Crippen LogP contribution in [0.15, 0.2) is 47.3 Å². The van der Waals surface area contributed by atoms with E-state index in [1.54, 1.807) is 36.4 Å². The number of rotatable bonds is 2. The highest BCUT2D eigenvalue weighted by Crippen LogP contribution is 2.07. The number of nitrogens with one attached hydrogen (secondary N) is 2. The van der Waals surface area contributed by atoms with Gasteiger partial charge in [0.2, 0.25) is 5.43 Å². The molecule has 6 heteroatoms. The smallest absolute Gasteiger partial charge is 0.281 e. The second-order valence-electron chi connectivity index (χ2n) is 4.57. The number of pyridine rings is 1. The average Bonchev–Trinajstić information content (AvgIpc) is 2.48. The highest BCUT2D eigenvalue weighted by atomic mass is 16.2. The number of aryl methyl sites for hydroxylation is 1. The van der Waals surface area contributed by atoms with E-state index in [4.69, 9.17) is 0 Å². The minimum Gasteiger partial charge on any atom is -0.305 e. The number of H-pyrrole nitrogens is 1. The number of para-hydroxylation sites is 1. The number of fused-ring (bicyclic) bond motifs is 1. The predicted molar refractivity (Wildman–Crippen MR) is 79.3 cm³/mol. The number of aromatic amines is 1. The molecule has 104 valence electrons. The van der Waals surface area contributed by atoms with Gasteiger partial charge in [0.25, 0.3) is 5.91 Å². The molecule has 0 atom stereocenters. The SMILES string of the molecule is Cc1cccc(NC(=O)c2n[nH]c3ccccc3c2=O)n1. The maximum atomic E-state index is 12.3. The molecule has 0 unspecified atom stereocenters. The van der Waals surface area contributed by atoms with Crippen LogP contribution in [0.25, 0.3) is 10.9 Å². The first-order valence-electron chi connectivity index (χ1n) is 6.37. The van der Waals surface area contributed by atoms with Crippen LogP contribution in [0.2, 0.25) is 0 Å². The Labute approximate surface area is 119 Å². The van der Waals surface area contributed by atoms with Gasteiger partial charge in [-0.15, -0.1) is 0 Å². The van der Waals surface area contributed by atoms with Gasteiger partial charge in [0.1, 0.15) is 5.82 Å². The topological polar surface area (TPSA) is 87.7 Å². The second kappa shape index (κ2) is 5.16. The van der Waals surface area contributed by atoms with Crippen molar-refractivity contribution in [3.05, 3.63) is 64.1 Å². The molecule has 6 nitrogen and oxygen atoms in total. The minimum atomic E-state index is -0.583. The largest absolute Gasteiger partial charge is 0.305 e. The van der Waals surface area contributed by atoms with E-state index in [0.717, 1.165) is 5.69 Å². The monoisotopic (exact) mass is 280 g/mol. The predicted octanol–water partition coefficient (Wildman–Crippen LogP) is 1.88. The Morgan fingerprint density at radius 1 is 1.14 bits per heavy atom. The zero-order valence-electron chi connectivity index (χ0n) is 11.3. The molecule has 2 aromatic heterocycles.